The molecule has 0 aliphatic heterocycles. The van der Waals surface area contributed by atoms with Crippen molar-refractivity contribution in [2.45, 2.75) is 12.3 Å². The third-order valence-electron chi connectivity index (χ3n) is 5.61. The Labute approximate surface area is 188 Å². The fourth-order valence-electron chi connectivity index (χ4n) is 4.05. The van der Waals surface area contributed by atoms with Crippen molar-refractivity contribution in [2.24, 2.45) is 0 Å². The van der Waals surface area contributed by atoms with Crippen LogP contribution in [0.25, 0.3) is 17.2 Å². The van der Waals surface area contributed by atoms with Crippen LogP contribution in [0.1, 0.15) is 29.0 Å². The van der Waals surface area contributed by atoms with Crippen LogP contribution in [0.15, 0.2) is 72.8 Å². The summed E-state index contributed by atoms with van der Waals surface area (Å²) in [5.41, 5.74) is 5.83. The lowest BCUT2D eigenvalue weighted by molar-refractivity contribution is 0.143. The van der Waals surface area contributed by atoms with E-state index < -0.39 is 6.09 Å². The van der Waals surface area contributed by atoms with Crippen molar-refractivity contribution in [3.05, 3.63) is 89.5 Å². The maximum absolute atomic E-state index is 12.2. The number of nitrogens with one attached hydrogen (secondary N) is 1. The van der Waals surface area contributed by atoms with Crippen molar-refractivity contribution in [3.8, 4) is 22.6 Å². The third kappa shape index (κ3) is 4.78. The summed E-state index contributed by atoms with van der Waals surface area (Å²) in [6.07, 6.45) is 4.26. The first-order valence-electron chi connectivity index (χ1n) is 10.7. The van der Waals surface area contributed by atoms with Gasteiger partial charge in [-0.05, 0) is 46.4 Å². The van der Waals surface area contributed by atoms with Gasteiger partial charge in [0.05, 0.1) is 14.2 Å². The number of alkyl carbamates (subject to hydrolysis) is 1. The van der Waals surface area contributed by atoms with Gasteiger partial charge in [-0.3, -0.25) is 0 Å². The summed E-state index contributed by atoms with van der Waals surface area (Å²) in [6, 6.07) is 22.3. The molecule has 1 aliphatic carbocycles. The molecule has 0 bridgehead atoms. The van der Waals surface area contributed by atoms with Gasteiger partial charge in [-0.1, -0.05) is 60.7 Å². The zero-order valence-electron chi connectivity index (χ0n) is 18.3. The Morgan fingerprint density at radius 1 is 0.906 bits per heavy atom. The van der Waals surface area contributed by atoms with Crippen LogP contribution >= 0.6 is 0 Å². The van der Waals surface area contributed by atoms with Gasteiger partial charge in [-0.15, -0.1) is 0 Å². The van der Waals surface area contributed by atoms with Gasteiger partial charge < -0.3 is 19.5 Å². The molecule has 5 heteroatoms. The van der Waals surface area contributed by atoms with E-state index in [0.29, 0.717) is 19.6 Å². The van der Waals surface area contributed by atoms with Gasteiger partial charge in [0, 0.05) is 18.5 Å². The first-order chi connectivity index (χ1) is 15.7. The molecule has 4 rings (SSSR count). The van der Waals surface area contributed by atoms with Crippen molar-refractivity contribution < 1.29 is 19.0 Å². The molecule has 3 aromatic carbocycles. The second kappa shape index (κ2) is 10.1. The number of hydrogen-bond acceptors (Lipinski definition) is 4. The van der Waals surface area contributed by atoms with Crippen molar-refractivity contribution in [1.82, 2.24) is 5.32 Å². The standard InChI is InChI=1S/C27H27NO4/c1-30-20-15-19(16-21(17-20)31-2)9-7-8-14-28-27(29)32-18-26-24-12-5-3-10-22(24)23-11-4-6-13-25(23)26/h3-7,9-13,15-17,26H,8,14,18H2,1-2H3,(H,28,29). The number of methoxy groups -OCH3 is 2. The van der Waals surface area contributed by atoms with Crippen LogP contribution in [0.2, 0.25) is 0 Å². The van der Waals surface area contributed by atoms with E-state index in [0.717, 1.165) is 17.1 Å². The van der Waals surface area contributed by atoms with Crippen LogP contribution in [0.4, 0.5) is 4.79 Å². The highest BCUT2D eigenvalue weighted by atomic mass is 16.5. The van der Waals surface area contributed by atoms with Crippen LogP contribution in [0.5, 0.6) is 11.5 Å². The zero-order chi connectivity index (χ0) is 22.3. The highest BCUT2D eigenvalue weighted by Gasteiger charge is 2.28. The van der Waals surface area contributed by atoms with E-state index in [4.69, 9.17) is 14.2 Å². The second-order valence-corrected chi connectivity index (χ2v) is 7.59. The molecule has 0 unspecified atom stereocenters. The minimum absolute atomic E-state index is 0.0658. The highest BCUT2D eigenvalue weighted by Crippen LogP contribution is 2.44. The topological polar surface area (TPSA) is 56.8 Å². The predicted octanol–water partition coefficient (Wildman–Crippen LogP) is 5.65. The Balaban J connectivity index is 1.27. The van der Waals surface area contributed by atoms with E-state index in [1.807, 2.05) is 54.6 Å². The molecule has 1 amide bonds. The van der Waals surface area contributed by atoms with Crippen LogP contribution in [-0.4, -0.2) is 33.5 Å². The molecule has 3 aromatic rings. The Hall–Kier alpha value is -3.73. The normalized spacial score (nSPS) is 12.3. The maximum atomic E-state index is 12.2. The van der Waals surface area contributed by atoms with Crippen molar-refractivity contribution >= 4 is 12.2 Å². The number of ether oxygens (including phenoxy) is 3. The van der Waals surface area contributed by atoms with Gasteiger partial charge in [0.1, 0.15) is 18.1 Å². The fraction of sp³-hybridized carbons (Fsp3) is 0.222. The van der Waals surface area contributed by atoms with Gasteiger partial charge >= 0.3 is 6.09 Å². The molecule has 0 fully saturated rings. The number of carbonyl (C=O) groups excluding carboxylic acids is 1. The second-order valence-electron chi connectivity index (χ2n) is 7.59. The van der Waals surface area contributed by atoms with Crippen LogP contribution < -0.4 is 14.8 Å². The molecule has 164 valence electrons. The molecule has 0 aromatic heterocycles. The van der Waals surface area contributed by atoms with Gasteiger partial charge in [0.2, 0.25) is 0 Å². The lowest BCUT2D eigenvalue weighted by atomic mass is 9.98. The summed E-state index contributed by atoms with van der Waals surface area (Å²) < 4.78 is 16.1. The summed E-state index contributed by atoms with van der Waals surface area (Å²) in [5.74, 6) is 1.54. The molecule has 5 nitrogen and oxygen atoms in total. The number of benzene rings is 3. The molecular weight excluding hydrogens is 402 g/mol. The van der Waals surface area contributed by atoms with Gasteiger partial charge in [-0.2, -0.15) is 0 Å². The average molecular weight is 430 g/mol. The molecule has 1 N–H and O–H groups in total. The van der Waals surface area contributed by atoms with E-state index >= 15 is 0 Å². The minimum atomic E-state index is -0.400. The number of rotatable bonds is 8. The number of hydrogen-bond donors (Lipinski definition) is 1. The predicted molar refractivity (Wildman–Crippen MR) is 126 cm³/mol. The van der Waals surface area contributed by atoms with Gasteiger partial charge in [-0.25, -0.2) is 4.79 Å². The third-order valence-corrected chi connectivity index (χ3v) is 5.61. The lowest BCUT2D eigenvalue weighted by Gasteiger charge is -2.14. The van der Waals surface area contributed by atoms with Crippen LogP contribution in [-0.2, 0) is 4.74 Å². The molecule has 0 atom stereocenters. The van der Waals surface area contributed by atoms with E-state index in [1.165, 1.54) is 22.3 Å². The molecule has 0 saturated heterocycles. The number of fused-ring (bicyclic) bond motifs is 3. The van der Waals surface area contributed by atoms with Gasteiger partial charge in [0.15, 0.2) is 0 Å². The van der Waals surface area contributed by atoms with E-state index in [-0.39, 0.29) is 5.92 Å². The first-order valence-corrected chi connectivity index (χ1v) is 10.7. The quantitative estimate of drug-likeness (QED) is 0.471. The summed E-state index contributed by atoms with van der Waals surface area (Å²) in [7, 11) is 3.25. The Kier molecular flexibility index (Phi) is 6.75. The Morgan fingerprint density at radius 2 is 1.50 bits per heavy atom. The SMILES string of the molecule is COc1cc(C=CCCNC(=O)OCC2c3ccccc3-c3ccccc32)cc(OC)c1. The van der Waals surface area contributed by atoms with Crippen molar-refractivity contribution in [1.29, 1.82) is 0 Å². The fourth-order valence-corrected chi connectivity index (χ4v) is 4.05. The maximum Gasteiger partial charge on any atom is 0.407 e. The highest BCUT2D eigenvalue weighted by molar-refractivity contribution is 5.79. The molecule has 0 radical (unpaired) electrons. The molecule has 0 spiro atoms. The molecule has 32 heavy (non-hydrogen) atoms. The Morgan fingerprint density at radius 3 is 2.09 bits per heavy atom. The molecule has 0 saturated carbocycles. The lowest BCUT2D eigenvalue weighted by Crippen LogP contribution is -2.26. The smallest absolute Gasteiger partial charge is 0.407 e. The number of amides is 1. The minimum Gasteiger partial charge on any atom is -0.497 e. The van der Waals surface area contributed by atoms with Crippen LogP contribution in [0, 0.1) is 0 Å². The monoisotopic (exact) mass is 429 g/mol. The first kappa shape index (κ1) is 21.5. The molecular formula is C27H27NO4. The van der Waals surface area contributed by atoms with Crippen LogP contribution in [0.3, 0.4) is 0 Å². The summed E-state index contributed by atoms with van der Waals surface area (Å²) in [6.45, 7) is 0.813. The summed E-state index contributed by atoms with van der Waals surface area (Å²) in [4.78, 5) is 12.2. The molecule has 1 aliphatic rings. The Bertz CT molecular complexity index is 1050. The number of carbonyl (C=O) groups is 1. The van der Waals surface area contributed by atoms with E-state index in [2.05, 4.69) is 29.6 Å². The van der Waals surface area contributed by atoms with E-state index in [1.54, 1.807) is 14.2 Å². The zero-order valence-corrected chi connectivity index (χ0v) is 18.3. The summed E-state index contributed by atoms with van der Waals surface area (Å²) in [5, 5.41) is 2.82. The summed E-state index contributed by atoms with van der Waals surface area (Å²) >= 11 is 0. The average Bonchev–Trinajstić information content (AvgIpc) is 3.16. The van der Waals surface area contributed by atoms with Crippen molar-refractivity contribution in [2.75, 3.05) is 27.4 Å². The van der Waals surface area contributed by atoms with Gasteiger partial charge in [0.25, 0.3) is 0 Å². The molecule has 0 heterocycles. The van der Waals surface area contributed by atoms with E-state index in [9.17, 15) is 4.79 Å². The largest absolute Gasteiger partial charge is 0.497 e. The van der Waals surface area contributed by atoms with Crippen molar-refractivity contribution in [3.63, 3.8) is 0 Å².